The summed E-state index contributed by atoms with van der Waals surface area (Å²) in [5, 5.41) is 9.34. The molecular weight excluding hydrogens is 140 g/mol. The van der Waals surface area contributed by atoms with Gasteiger partial charge in [-0.05, 0) is 30.1 Å². The number of aliphatic hydroxyl groups is 1. The second-order valence-corrected chi connectivity index (χ2v) is 3.06. The normalized spacial score (nSPS) is 23.6. The van der Waals surface area contributed by atoms with Crippen molar-refractivity contribution in [3.05, 3.63) is 23.0 Å². The summed E-state index contributed by atoms with van der Waals surface area (Å²) >= 11 is 0. The molecule has 0 bridgehead atoms. The molecule has 58 valence electrons. The molecule has 0 saturated heterocycles. The quantitative estimate of drug-likeness (QED) is 0.572. The molecule has 0 aromatic rings. The number of aliphatic hydroxyl groups excluding tert-OH is 1. The van der Waals surface area contributed by atoms with Crippen molar-refractivity contribution in [1.29, 1.82) is 0 Å². The van der Waals surface area contributed by atoms with Crippen molar-refractivity contribution in [3.63, 3.8) is 0 Å². The Morgan fingerprint density at radius 1 is 1.18 bits per heavy atom. The topological polar surface area (TPSA) is 37.3 Å². The summed E-state index contributed by atoms with van der Waals surface area (Å²) in [4.78, 5) is 10.9. The van der Waals surface area contributed by atoms with E-state index in [0.29, 0.717) is 12.2 Å². The molecule has 0 heterocycles. The Labute approximate surface area is 65.2 Å². The second kappa shape index (κ2) is 2.22. The molecule has 2 aliphatic carbocycles. The van der Waals surface area contributed by atoms with E-state index < -0.39 is 0 Å². The fraction of sp³-hybridized carbons (Fsp3) is 0.444. The van der Waals surface area contributed by atoms with Crippen LogP contribution in [0.15, 0.2) is 23.0 Å². The molecule has 0 amide bonds. The van der Waals surface area contributed by atoms with E-state index in [4.69, 9.17) is 0 Å². The standard InChI is InChI=1S/C9H10O2/c10-7-2-3-8-6(5-7)1-4-9(8)11/h5,11H,1-4H2. The molecule has 2 nitrogen and oxygen atoms in total. The van der Waals surface area contributed by atoms with E-state index in [-0.39, 0.29) is 5.78 Å². The lowest BCUT2D eigenvalue weighted by Gasteiger charge is -2.09. The molecule has 0 unspecified atom stereocenters. The first-order chi connectivity index (χ1) is 5.27. The number of allylic oxidation sites excluding steroid dienone is 4. The first kappa shape index (κ1) is 6.65. The summed E-state index contributed by atoms with van der Waals surface area (Å²) in [5.41, 5.74) is 2.10. The summed E-state index contributed by atoms with van der Waals surface area (Å²) in [5.74, 6) is 0.710. The molecule has 2 rings (SSSR count). The molecule has 0 aromatic heterocycles. The van der Waals surface area contributed by atoms with Crippen molar-refractivity contribution in [2.75, 3.05) is 0 Å². The summed E-state index contributed by atoms with van der Waals surface area (Å²) in [6.07, 6.45) is 4.59. The Hall–Kier alpha value is -1.05. The van der Waals surface area contributed by atoms with Crippen LogP contribution in [-0.2, 0) is 4.79 Å². The van der Waals surface area contributed by atoms with E-state index in [1.54, 1.807) is 6.08 Å². The number of hydrogen-bond acceptors (Lipinski definition) is 2. The Bertz CT molecular complexity index is 271. The van der Waals surface area contributed by atoms with Gasteiger partial charge in [-0.2, -0.15) is 0 Å². The molecule has 0 spiro atoms. The molecule has 0 atom stereocenters. The van der Waals surface area contributed by atoms with Crippen LogP contribution in [-0.4, -0.2) is 10.9 Å². The first-order valence-electron chi connectivity index (χ1n) is 3.92. The number of carbonyl (C=O) groups is 1. The smallest absolute Gasteiger partial charge is 0.156 e. The number of carbonyl (C=O) groups excluding carboxylic acids is 1. The highest BCUT2D eigenvalue weighted by Crippen LogP contribution is 2.35. The number of fused-ring (bicyclic) bond motifs is 1. The van der Waals surface area contributed by atoms with Gasteiger partial charge in [-0.25, -0.2) is 0 Å². The highest BCUT2D eigenvalue weighted by atomic mass is 16.3. The maximum atomic E-state index is 10.9. The fourth-order valence-corrected chi connectivity index (χ4v) is 1.72. The van der Waals surface area contributed by atoms with Crippen LogP contribution in [0, 0.1) is 0 Å². The van der Waals surface area contributed by atoms with Crippen molar-refractivity contribution in [3.8, 4) is 0 Å². The lowest BCUT2D eigenvalue weighted by molar-refractivity contribution is -0.114. The van der Waals surface area contributed by atoms with Crippen LogP contribution < -0.4 is 0 Å². The van der Waals surface area contributed by atoms with Gasteiger partial charge in [0, 0.05) is 12.8 Å². The zero-order valence-electron chi connectivity index (χ0n) is 6.26. The number of hydrogen-bond donors (Lipinski definition) is 1. The van der Waals surface area contributed by atoms with E-state index in [1.807, 2.05) is 0 Å². The minimum absolute atomic E-state index is 0.207. The lowest BCUT2D eigenvalue weighted by atomic mass is 9.95. The summed E-state index contributed by atoms with van der Waals surface area (Å²) in [6, 6.07) is 0. The first-order valence-corrected chi connectivity index (χ1v) is 3.92. The maximum absolute atomic E-state index is 10.9. The molecule has 1 N–H and O–H groups in total. The molecule has 2 aliphatic rings. The third-order valence-corrected chi connectivity index (χ3v) is 2.32. The van der Waals surface area contributed by atoms with Crippen LogP contribution >= 0.6 is 0 Å². The molecule has 0 aliphatic heterocycles. The van der Waals surface area contributed by atoms with E-state index in [0.717, 1.165) is 30.4 Å². The van der Waals surface area contributed by atoms with Gasteiger partial charge in [-0.1, -0.05) is 0 Å². The molecule has 0 aromatic carbocycles. The molecular formula is C9H10O2. The Morgan fingerprint density at radius 2 is 2.00 bits per heavy atom. The van der Waals surface area contributed by atoms with Gasteiger partial charge in [0.15, 0.2) is 5.78 Å². The van der Waals surface area contributed by atoms with Crippen LogP contribution in [0.1, 0.15) is 25.7 Å². The highest BCUT2D eigenvalue weighted by molar-refractivity contribution is 5.93. The maximum Gasteiger partial charge on any atom is 0.156 e. The zero-order valence-corrected chi connectivity index (χ0v) is 6.26. The van der Waals surface area contributed by atoms with Gasteiger partial charge in [0.25, 0.3) is 0 Å². The van der Waals surface area contributed by atoms with Crippen molar-refractivity contribution in [2.24, 2.45) is 0 Å². The Kier molecular flexibility index (Phi) is 1.34. The van der Waals surface area contributed by atoms with Crippen LogP contribution in [0.3, 0.4) is 0 Å². The predicted octanol–water partition coefficient (Wildman–Crippen LogP) is 1.88. The summed E-state index contributed by atoms with van der Waals surface area (Å²) in [6.45, 7) is 0. The highest BCUT2D eigenvalue weighted by Gasteiger charge is 2.23. The van der Waals surface area contributed by atoms with Crippen LogP contribution in [0.2, 0.25) is 0 Å². The SMILES string of the molecule is O=C1C=C2CCC(O)=C2CC1. The molecule has 0 fully saturated rings. The molecule has 0 saturated carbocycles. The minimum atomic E-state index is 0.207. The van der Waals surface area contributed by atoms with Crippen molar-refractivity contribution in [2.45, 2.75) is 25.7 Å². The van der Waals surface area contributed by atoms with Crippen LogP contribution in [0.25, 0.3) is 0 Å². The Balaban J connectivity index is 2.41. The van der Waals surface area contributed by atoms with Gasteiger partial charge in [-0.15, -0.1) is 0 Å². The van der Waals surface area contributed by atoms with Gasteiger partial charge in [0.05, 0.1) is 5.76 Å². The van der Waals surface area contributed by atoms with Gasteiger partial charge < -0.3 is 5.11 Å². The average molecular weight is 150 g/mol. The third-order valence-electron chi connectivity index (χ3n) is 2.32. The fourth-order valence-electron chi connectivity index (χ4n) is 1.72. The average Bonchev–Trinajstić information content (AvgIpc) is 2.32. The monoisotopic (exact) mass is 150 g/mol. The third kappa shape index (κ3) is 0.985. The van der Waals surface area contributed by atoms with Gasteiger partial charge in [0.2, 0.25) is 0 Å². The van der Waals surface area contributed by atoms with Crippen LogP contribution in [0.5, 0.6) is 0 Å². The van der Waals surface area contributed by atoms with Gasteiger partial charge >= 0.3 is 0 Å². The summed E-state index contributed by atoms with van der Waals surface area (Å²) in [7, 11) is 0. The van der Waals surface area contributed by atoms with Crippen molar-refractivity contribution in [1.82, 2.24) is 0 Å². The lowest BCUT2D eigenvalue weighted by Crippen LogP contribution is -2.03. The van der Waals surface area contributed by atoms with Gasteiger partial charge in [-0.3, -0.25) is 4.79 Å². The molecule has 0 radical (unpaired) electrons. The van der Waals surface area contributed by atoms with E-state index in [9.17, 15) is 9.90 Å². The van der Waals surface area contributed by atoms with Crippen molar-refractivity contribution >= 4 is 5.78 Å². The summed E-state index contributed by atoms with van der Waals surface area (Å²) < 4.78 is 0. The number of rotatable bonds is 0. The van der Waals surface area contributed by atoms with E-state index in [1.165, 1.54) is 0 Å². The van der Waals surface area contributed by atoms with Crippen LogP contribution in [0.4, 0.5) is 0 Å². The zero-order chi connectivity index (χ0) is 7.84. The Morgan fingerprint density at radius 3 is 2.82 bits per heavy atom. The molecule has 2 heteroatoms. The van der Waals surface area contributed by atoms with Gasteiger partial charge in [0.1, 0.15) is 0 Å². The largest absolute Gasteiger partial charge is 0.512 e. The number of ketones is 1. The minimum Gasteiger partial charge on any atom is -0.512 e. The van der Waals surface area contributed by atoms with E-state index >= 15 is 0 Å². The second-order valence-electron chi connectivity index (χ2n) is 3.06. The predicted molar refractivity (Wildman–Crippen MR) is 41.2 cm³/mol. The molecule has 11 heavy (non-hydrogen) atoms. The van der Waals surface area contributed by atoms with E-state index in [2.05, 4.69) is 0 Å². The van der Waals surface area contributed by atoms with Crippen molar-refractivity contribution < 1.29 is 9.90 Å².